The van der Waals surface area contributed by atoms with E-state index in [0.717, 1.165) is 34.1 Å². The zero-order valence-electron chi connectivity index (χ0n) is 14.4. The van der Waals surface area contributed by atoms with Gasteiger partial charge in [-0.3, -0.25) is 0 Å². The molecule has 0 aliphatic rings. The Kier molecular flexibility index (Phi) is 3.57. The minimum atomic E-state index is 0.218. The summed E-state index contributed by atoms with van der Waals surface area (Å²) >= 11 is 0. The molecule has 0 saturated heterocycles. The molecule has 0 unspecified atom stereocenters. The van der Waals surface area contributed by atoms with Gasteiger partial charge in [0.25, 0.3) is 0 Å². The second kappa shape index (κ2) is 6.21. The molecule has 1 N–H and O–H groups in total. The lowest BCUT2D eigenvalue weighted by Crippen LogP contribution is -2.03. The van der Waals surface area contributed by atoms with Crippen molar-refractivity contribution in [3.05, 3.63) is 90.1 Å². The Morgan fingerprint density at radius 1 is 0.741 bits per heavy atom. The Morgan fingerprint density at radius 2 is 1.44 bits per heavy atom. The Hall–Kier alpha value is -3.73. The Labute approximate surface area is 155 Å². The van der Waals surface area contributed by atoms with Crippen molar-refractivity contribution in [2.24, 2.45) is 0 Å². The van der Waals surface area contributed by atoms with Gasteiger partial charge >= 0.3 is 0 Å². The minimum Gasteiger partial charge on any atom is -0.508 e. The van der Waals surface area contributed by atoms with Crippen molar-refractivity contribution < 1.29 is 5.11 Å². The van der Waals surface area contributed by atoms with Crippen LogP contribution in [-0.2, 0) is 6.42 Å². The van der Waals surface area contributed by atoms with E-state index >= 15 is 0 Å². The molecule has 5 nitrogen and oxygen atoms in total. The van der Waals surface area contributed by atoms with Gasteiger partial charge in [-0.2, -0.15) is 9.61 Å². The number of hydrogen-bond acceptors (Lipinski definition) is 4. The quantitative estimate of drug-likeness (QED) is 0.527. The third-order valence-corrected chi connectivity index (χ3v) is 4.68. The van der Waals surface area contributed by atoms with E-state index in [1.807, 2.05) is 42.5 Å². The van der Waals surface area contributed by atoms with Gasteiger partial charge in [0, 0.05) is 22.8 Å². The van der Waals surface area contributed by atoms with Crippen LogP contribution in [-0.4, -0.2) is 24.9 Å². The molecule has 0 bridgehead atoms. The highest BCUT2D eigenvalue weighted by atomic mass is 16.3. The zero-order valence-corrected chi connectivity index (χ0v) is 14.4. The fourth-order valence-corrected chi connectivity index (χ4v) is 3.36. The molecule has 130 valence electrons. The van der Waals surface area contributed by atoms with Crippen LogP contribution in [0, 0.1) is 0 Å². The number of phenolic OH excluding ortho intramolecular Hbond substituents is 1. The molecular formula is C22H16N4O. The van der Waals surface area contributed by atoms with Crippen molar-refractivity contribution in [2.75, 3.05) is 0 Å². The van der Waals surface area contributed by atoms with Crippen molar-refractivity contribution in [3.63, 3.8) is 0 Å². The lowest BCUT2D eigenvalue weighted by atomic mass is 10.0. The van der Waals surface area contributed by atoms with Crippen molar-refractivity contribution in [1.82, 2.24) is 19.8 Å². The van der Waals surface area contributed by atoms with Gasteiger partial charge in [0.1, 0.15) is 5.75 Å². The Balaban J connectivity index is 1.75. The Morgan fingerprint density at radius 3 is 2.22 bits per heavy atom. The molecule has 5 rings (SSSR count). The van der Waals surface area contributed by atoms with E-state index in [4.69, 9.17) is 5.10 Å². The summed E-state index contributed by atoms with van der Waals surface area (Å²) in [7, 11) is 0. The summed E-state index contributed by atoms with van der Waals surface area (Å²) < 4.78 is 1.80. The van der Waals surface area contributed by atoms with Crippen LogP contribution in [0.15, 0.2) is 78.9 Å². The maximum Gasteiger partial charge on any atom is 0.186 e. The number of benzene rings is 3. The minimum absolute atomic E-state index is 0.218. The predicted molar refractivity (Wildman–Crippen MR) is 105 cm³/mol. The highest BCUT2D eigenvalue weighted by molar-refractivity contribution is 5.95. The van der Waals surface area contributed by atoms with Crippen LogP contribution in [0.25, 0.3) is 27.8 Å². The monoisotopic (exact) mass is 352 g/mol. The topological polar surface area (TPSA) is 63.3 Å². The fraction of sp³-hybridized carbons (Fsp3) is 0.0455. The summed E-state index contributed by atoms with van der Waals surface area (Å²) in [6, 6.07) is 25.4. The first-order valence-corrected chi connectivity index (χ1v) is 8.76. The molecule has 5 heteroatoms. The second-order valence-electron chi connectivity index (χ2n) is 6.46. The van der Waals surface area contributed by atoms with Crippen LogP contribution in [0.3, 0.4) is 0 Å². The van der Waals surface area contributed by atoms with Crippen LogP contribution in [0.5, 0.6) is 5.75 Å². The van der Waals surface area contributed by atoms with Crippen LogP contribution < -0.4 is 0 Å². The van der Waals surface area contributed by atoms with Gasteiger partial charge in [0.15, 0.2) is 11.5 Å². The molecule has 0 amide bonds. The summed E-state index contributed by atoms with van der Waals surface area (Å²) in [5.74, 6) is 0.876. The van der Waals surface area contributed by atoms with Crippen LogP contribution in [0.1, 0.15) is 11.3 Å². The molecule has 2 aromatic heterocycles. The maximum atomic E-state index is 9.56. The molecule has 0 spiro atoms. The van der Waals surface area contributed by atoms with E-state index in [2.05, 4.69) is 34.5 Å². The van der Waals surface area contributed by atoms with E-state index in [1.165, 1.54) is 5.56 Å². The van der Waals surface area contributed by atoms with Gasteiger partial charge in [-0.1, -0.05) is 54.6 Å². The molecule has 2 heterocycles. The number of fused-ring (bicyclic) bond motifs is 3. The average molecular weight is 352 g/mol. The summed E-state index contributed by atoms with van der Waals surface area (Å²) in [6.07, 6.45) is 0.727. The molecule has 0 fully saturated rings. The summed E-state index contributed by atoms with van der Waals surface area (Å²) in [4.78, 5) is 0. The van der Waals surface area contributed by atoms with E-state index in [-0.39, 0.29) is 5.75 Å². The van der Waals surface area contributed by atoms with E-state index in [0.29, 0.717) is 5.82 Å². The lowest BCUT2D eigenvalue weighted by Gasteiger charge is -2.08. The van der Waals surface area contributed by atoms with Gasteiger partial charge in [0.2, 0.25) is 0 Å². The smallest absolute Gasteiger partial charge is 0.186 e. The number of aromatic hydroxyl groups is 1. The van der Waals surface area contributed by atoms with Gasteiger partial charge in [-0.05, 0) is 29.8 Å². The molecule has 0 saturated carbocycles. The molecule has 5 aromatic rings. The number of hydrogen-bond donors (Lipinski definition) is 1. The number of phenols is 1. The average Bonchev–Trinajstić information content (AvgIpc) is 3.14. The van der Waals surface area contributed by atoms with E-state index in [1.54, 1.807) is 16.6 Å². The van der Waals surface area contributed by atoms with Crippen molar-refractivity contribution >= 4 is 16.4 Å². The first-order chi connectivity index (χ1) is 13.3. The number of aromatic nitrogens is 4. The third-order valence-electron chi connectivity index (χ3n) is 4.68. The third kappa shape index (κ3) is 2.69. The largest absolute Gasteiger partial charge is 0.508 e. The molecule has 0 radical (unpaired) electrons. The first kappa shape index (κ1) is 15.5. The maximum absolute atomic E-state index is 9.56. The normalized spacial score (nSPS) is 11.3. The molecule has 0 atom stereocenters. The zero-order chi connectivity index (χ0) is 18.2. The number of rotatable bonds is 3. The SMILES string of the molecule is Oc1ccc(-c2nnc3c4ccccc4c(Cc4ccccc4)nn23)cc1. The van der Waals surface area contributed by atoms with Crippen molar-refractivity contribution in [3.8, 4) is 17.1 Å². The number of nitrogens with zero attached hydrogens (tertiary/aromatic N) is 4. The molecular weight excluding hydrogens is 336 g/mol. The molecule has 0 aliphatic heterocycles. The van der Waals surface area contributed by atoms with Gasteiger partial charge in [-0.25, -0.2) is 0 Å². The van der Waals surface area contributed by atoms with Gasteiger partial charge in [-0.15, -0.1) is 10.2 Å². The van der Waals surface area contributed by atoms with Gasteiger partial charge < -0.3 is 5.11 Å². The fourth-order valence-electron chi connectivity index (χ4n) is 3.36. The highest BCUT2D eigenvalue weighted by Crippen LogP contribution is 2.27. The summed E-state index contributed by atoms with van der Waals surface area (Å²) in [5.41, 5.74) is 3.76. The summed E-state index contributed by atoms with van der Waals surface area (Å²) in [5, 5.41) is 25.3. The second-order valence-corrected chi connectivity index (χ2v) is 6.46. The van der Waals surface area contributed by atoms with E-state index < -0.39 is 0 Å². The van der Waals surface area contributed by atoms with Crippen LogP contribution in [0.2, 0.25) is 0 Å². The predicted octanol–water partition coefficient (Wildman–Crippen LogP) is 4.24. The molecule has 27 heavy (non-hydrogen) atoms. The first-order valence-electron chi connectivity index (χ1n) is 8.76. The lowest BCUT2D eigenvalue weighted by molar-refractivity contribution is 0.475. The summed E-state index contributed by atoms with van der Waals surface area (Å²) in [6.45, 7) is 0. The van der Waals surface area contributed by atoms with Crippen molar-refractivity contribution in [1.29, 1.82) is 0 Å². The van der Waals surface area contributed by atoms with Gasteiger partial charge in [0.05, 0.1) is 5.69 Å². The van der Waals surface area contributed by atoms with Crippen LogP contribution in [0.4, 0.5) is 0 Å². The van der Waals surface area contributed by atoms with Crippen LogP contribution >= 0.6 is 0 Å². The highest BCUT2D eigenvalue weighted by Gasteiger charge is 2.15. The molecule has 0 aliphatic carbocycles. The molecule has 3 aromatic carbocycles. The van der Waals surface area contributed by atoms with E-state index in [9.17, 15) is 5.11 Å². The van der Waals surface area contributed by atoms with Crippen molar-refractivity contribution in [2.45, 2.75) is 6.42 Å². The Bertz CT molecular complexity index is 1240. The standard InChI is InChI=1S/C22H16N4O/c27-17-12-10-16(11-13-17)21-23-24-22-19-9-5-4-8-18(19)20(25-26(21)22)14-15-6-2-1-3-7-15/h1-13,27H,14H2.